The molecule has 5 heteroatoms. The van der Waals surface area contributed by atoms with E-state index in [-0.39, 0.29) is 0 Å². The molecule has 0 saturated heterocycles. The number of hydrogen-bond donors (Lipinski definition) is 0. The van der Waals surface area contributed by atoms with E-state index in [4.69, 9.17) is 4.74 Å². The van der Waals surface area contributed by atoms with Gasteiger partial charge in [0.25, 0.3) is 0 Å². The minimum atomic E-state index is 0.753. The summed E-state index contributed by atoms with van der Waals surface area (Å²) in [5.41, 5.74) is 2.05. The van der Waals surface area contributed by atoms with E-state index in [0.29, 0.717) is 0 Å². The number of ether oxygens (including phenoxy) is 1. The van der Waals surface area contributed by atoms with Gasteiger partial charge in [0.05, 0.1) is 12.3 Å². The van der Waals surface area contributed by atoms with Gasteiger partial charge >= 0.3 is 0 Å². The zero-order valence-corrected chi connectivity index (χ0v) is 11.5. The highest BCUT2D eigenvalue weighted by molar-refractivity contribution is 5.68. The Morgan fingerprint density at radius 3 is 3.11 bits per heavy atom. The fourth-order valence-corrected chi connectivity index (χ4v) is 2.17. The van der Waals surface area contributed by atoms with Crippen LogP contribution in [0.3, 0.4) is 0 Å². The van der Waals surface area contributed by atoms with Crippen molar-refractivity contribution in [3.05, 3.63) is 24.2 Å². The summed E-state index contributed by atoms with van der Waals surface area (Å²) in [5.74, 6) is 1.78. The number of rotatable bonds is 6. The molecule has 19 heavy (non-hydrogen) atoms. The van der Waals surface area contributed by atoms with E-state index in [1.54, 1.807) is 6.20 Å². The van der Waals surface area contributed by atoms with E-state index >= 15 is 0 Å². The number of aromatic nitrogens is 3. The third-order valence-corrected chi connectivity index (χ3v) is 3.47. The van der Waals surface area contributed by atoms with Crippen molar-refractivity contribution in [1.82, 2.24) is 14.6 Å². The first-order valence-corrected chi connectivity index (χ1v) is 6.84. The molecule has 0 radical (unpaired) electrons. The van der Waals surface area contributed by atoms with Crippen molar-refractivity contribution in [2.75, 3.05) is 31.7 Å². The highest BCUT2D eigenvalue weighted by Crippen LogP contribution is 2.28. The quantitative estimate of drug-likeness (QED) is 0.744. The van der Waals surface area contributed by atoms with Crippen LogP contribution in [0.4, 0.5) is 5.82 Å². The molecule has 2 aromatic rings. The summed E-state index contributed by atoms with van der Waals surface area (Å²) in [6.45, 7) is 4.51. The topological polar surface area (TPSA) is 42.7 Å². The van der Waals surface area contributed by atoms with Gasteiger partial charge in [0.2, 0.25) is 0 Å². The normalized spacial score (nSPS) is 15.1. The van der Waals surface area contributed by atoms with Crippen LogP contribution in [0.2, 0.25) is 0 Å². The minimum absolute atomic E-state index is 0.753. The van der Waals surface area contributed by atoms with Crippen LogP contribution >= 0.6 is 0 Å². The van der Waals surface area contributed by atoms with E-state index in [0.717, 1.165) is 42.7 Å². The van der Waals surface area contributed by atoms with Crippen molar-refractivity contribution in [1.29, 1.82) is 0 Å². The molecule has 1 fully saturated rings. The average molecular weight is 260 g/mol. The van der Waals surface area contributed by atoms with Crippen molar-refractivity contribution in [3.8, 4) is 0 Å². The standard InChI is InChI=1S/C14H20N4O/c1-11-9-13-14(15-5-6-18(13)16-11)17(2)7-8-19-10-12-3-4-12/h5-6,9,12H,3-4,7-8,10H2,1-2H3. The number of fused-ring (bicyclic) bond motifs is 1. The van der Waals surface area contributed by atoms with Crippen LogP contribution in [0.25, 0.3) is 5.52 Å². The maximum atomic E-state index is 5.68. The molecule has 2 heterocycles. The van der Waals surface area contributed by atoms with Crippen LogP contribution in [0.15, 0.2) is 18.5 Å². The number of aryl methyl sites for hydroxylation is 1. The number of nitrogens with zero attached hydrogens (tertiary/aromatic N) is 4. The summed E-state index contributed by atoms with van der Waals surface area (Å²) < 4.78 is 7.55. The zero-order valence-electron chi connectivity index (χ0n) is 11.5. The van der Waals surface area contributed by atoms with Gasteiger partial charge in [-0.15, -0.1) is 0 Å². The van der Waals surface area contributed by atoms with Crippen LogP contribution in [-0.2, 0) is 4.74 Å². The second-order valence-electron chi connectivity index (χ2n) is 5.31. The summed E-state index contributed by atoms with van der Waals surface area (Å²) in [6, 6.07) is 2.06. The first-order valence-electron chi connectivity index (χ1n) is 6.84. The Hall–Kier alpha value is -1.62. The molecule has 5 nitrogen and oxygen atoms in total. The fraction of sp³-hybridized carbons (Fsp3) is 0.571. The maximum Gasteiger partial charge on any atom is 0.154 e. The molecule has 2 aromatic heterocycles. The first kappa shape index (κ1) is 12.4. The van der Waals surface area contributed by atoms with Crippen LogP contribution < -0.4 is 4.90 Å². The SMILES string of the molecule is Cc1cc2c(N(C)CCOCC3CC3)nccn2n1. The summed E-state index contributed by atoms with van der Waals surface area (Å²) in [6.07, 6.45) is 6.34. The Bertz CT molecular complexity index is 562. The molecule has 0 aromatic carbocycles. The lowest BCUT2D eigenvalue weighted by molar-refractivity contribution is 0.131. The predicted molar refractivity (Wildman–Crippen MR) is 74.5 cm³/mol. The highest BCUT2D eigenvalue weighted by atomic mass is 16.5. The molecular formula is C14H20N4O. The van der Waals surface area contributed by atoms with Crippen molar-refractivity contribution in [3.63, 3.8) is 0 Å². The zero-order chi connectivity index (χ0) is 13.2. The third kappa shape index (κ3) is 2.87. The van der Waals surface area contributed by atoms with E-state index in [1.807, 2.05) is 24.7 Å². The summed E-state index contributed by atoms with van der Waals surface area (Å²) in [5, 5.41) is 4.40. The van der Waals surface area contributed by atoms with Crippen LogP contribution in [0, 0.1) is 12.8 Å². The third-order valence-electron chi connectivity index (χ3n) is 3.47. The molecule has 1 aliphatic rings. The van der Waals surface area contributed by atoms with Gasteiger partial charge in [-0.2, -0.15) is 5.10 Å². The van der Waals surface area contributed by atoms with Crippen LogP contribution in [0.1, 0.15) is 18.5 Å². The van der Waals surface area contributed by atoms with Crippen LogP contribution in [-0.4, -0.2) is 41.4 Å². The van der Waals surface area contributed by atoms with Crippen LogP contribution in [0.5, 0.6) is 0 Å². The molecule has 1 saturated carbocycles. The number of anilines is 1. The van der Waals surface area contributed by atoms with E-state index in [2.05, 4.69) is 21.0 Å². The molecule has 0 spiro atoms. The number of likely N-dealkylation sites (N-methyl/N-ethyl adjacent to an activating group) is 1. The van der Waals surface area contributed by atoms with Gasteiger partial charge in [0.1, 0.15) is 5.52 Å². The van der Waals surface area contributed by atoms with Gasteiger partial charge in [-0.25, -0.2) is 9.50 Å². The Morgan fingerprint density at radius 1 is 1.47 bits per heavy atom. The Morgan fingerprint density at radius 2 is 2.32 bits per heavy atom. The molecule has 3 rings (SSSR count). The molecule has 0 atom stereocenters. The Labute approximate surface area is 113 Å². The largest absolute Gasteiger partial charge is 0.379 e. The minimum Gasteiger partial charge on any atom is -0.379 e. The monoisotopic (exact) mass is 260 g/mol. The van der Waals surface area contributed by atoms with Crippen molar-refractivity contribution in [2.24, 2.45) is 5.92 Å². The van der Waals surface area contributed by atoms with Gasteiger partial charge in [-0.1, -0.05) is 0 Å². The summed E-state index contributed by atoms with van der Waals surface area (Å²) in [7, 11) is 2.05. The first-order chi connectivity index (χ1) is 9.24. The second kappa shape index (κ2) is 5.17. The fourth-order valence-electron chi connectivity index (χ4n) is 2.17. The molecule has 0 bridgehead atoms. The Kier molecular flexibility index (Phi) is 3.38. The number of hydrogen-bond acceptors (Lipinski definition) is 4. The average Bonchev–Trinajstić information content (AvgIpc) is 3.13. The molecule has 0 aliphatic heterocycles. The van der Waals surface area contributed by atoms with E-state index in [9.17, 15) is 0 Å². The summed E-state index contributed by atoms with van der Waals surface area (Å²) >= 11 is 0. The highest BCUT2D eigenvalue weighted by Gasteiger charge is 2.21. The lowest BCUT2D eigenvalue weighted by Gasteiger charge is -2.18. The molecular weight excluding hydrogens is 240 g/mol. The Balaban J connectivity index is 1.64. The molecule has 1 aliphatic carbocycles. The maximum absolute atomic E-state index is 5.68. The second-order valence-corrected chi connectivity index (χ2v) is 5.31. The van der Waals surface area contributed by atoms with Gasteiger partial charge in [0.15, 0.2) is 5.82 Å². The van der Waals surface area contributed by atoms with Crippen molar-refractivity contribution < 1.29 is 4.74 Å². The van der Waals surface area contributed by atoms with Gasteiger partial charge in [-0.3, -0.25) is 0 Å². The summed E-state index contributed by atoms with van der Waals surface area (Å²) in [4.78, 5) is 6.58. The van der Waals surface area contributed by atoms with E-state index in [1.165, 1.54) is 12.8 Å². The van der Waals surface area contributed by atoms with Crippen molar-refractivity contribution >= 4 is 11.3 Å². The predicted octanol–water partition coefficient (Wildman–Crippen LogP) is 1.90. The smallest absolute Gasteiger partial charge is 0.154 e. The molecule has 0 unspecified atom stereocenters. The molecule has 0 N–H and O–H groups in total. The van der Waals surface area contributed by atoms with Gasteiger partial charge in [-0.05, 0) is 31.7 Å². The molecule has 0 amide bonds. The van der Waals surface area contributed by atoms with Gasteiger partial charge in [0, 0.05) is 32.6 Å². The van der Waals surface area contributed by atoms with Gasteiger partial charge < -0.3 is 9.64 Å². The lowest BCUT2D eigenvalue weighted by atomic mass is 10.4. The van der Waals surface area contributed by atoms with Crippen molar-refractivity contribution in [2.45, 2.75) is 19.8 Å². The molecule has 102 valence electrons. The lowest BCUT2D eigenvalue weighted by Crippen LogP contribution is -2.24. The van der Waals surface area contributed by atoms with E-state index < -0.39 is 0 Å².